The molecule has 0 heterocycles. The maximum absolute atomic E-state index is 7.41. The molecule has 0 aliphatic heterocycles. The quantitative estimate of drug-likeness (QED) is 0.494. The molecule has 0 bridgehead atoms. The summed E-state index contributed by atoms with van der Waals surface area (Å²) < 4.78 is 0. The molecule has 1 aromatic rings. The monoisotopic (exact) mass is 174 g/mol. The van der Waals surface area contributed by atoms with Crippen LogP contribution in [0.15, 0.2) is 24.3 Å². The Bertz CT molecular complexity index is 331. The number of rotatable bonds is 1. The van der Waals surface area contributed by atoms with Crippen molar-refractivity contribution in [2.45, 2.75) is 19.3 Å². The van der Waals surface area contributed by atoms with Crippen LogP contribution in [0.4, 0.5) is 0 Å². The molecule has 3 N–H and O–H groups in total. The van der Waals surface area contributed by atoms with Gasteiger partial charge in [0.05, 0.1) is 5.84 Å². The number of amidine groups is 1. The Morgan fingerprint density at radius 1 is 1.31 bits per heavy atom. The maximum atomic E-state index is 7.41. The molecule has 0 amide bonds. The van der Waals surface area contributed by atoms with Crippen molar-refractivity contribution in [3.05, 3.63) is 35.4 Å². The van der Waals surface area contributed by atoms with E-state index in [9.17, 15) is 0 Å². The predicted octanol–water partition coefficient (Wildman–Crippen LogP) is 1.73. The first-order chi connectivity index (χ1) is 6.27. The van der Waals surface area contributed by atoms with Gasteiger partial charge in [-0.05, 0) is 30.4 Å². The summed E-state index contributed by atoms with van der Waals surface area (Å²) in [6, 6.07) is 8.45. The first-order valence-corrected chi connectivity index (χ1v) is 4.68. The minimum atomic E-state index is 0.273. The molecule has 2 nitrogen and oxygen atoms in total. The van der Waals surface area contributed by atoms with Crippen molar-refractivity contribution in [3.63, 3.8) is 0 Å². The zero-order valence-corrected chi connectivity index (χ0v) is 7.59. The fraction of sp³-hybridized carbons (Fsp3) is 0.364. The van der Waals surface area contributed by atoms with Gasteiger partial charge in [-0.2, -0.15) is 0 Å². The lowest BCUT2D eigenvalue weighted by Gasteiger charge is -2.23. The lowest BCUT2D eigenvalue weighted by Crippen LogP contribution is -2.27. The number of aryl methyl sites for hydroxylation is 1. The second-order valence-electron chi connectivity index (χ2n) is 3.66. The third-order valence-electron chi connectivity index (χ3n) is 2.79. The van der Waals surface area contributed by atoms with Crippen molar-refractivity contribution in [1.82, 2.24) is 0 Å². The second kappa shape index (κ2) is 3.21. The molecule has 1 aromatic carbocycles. The molecular weight excluding hydrogens is 160 g/mol. The van der Waals surface area contributed by atoms with Crippen molar-refractivity contribution >= 4 is 5.84 Å². The molecule has 0 radical (unpaired) electrons. The van der Waals surface area contributed by atoms with Gasteiger partial charge in [-0.15, -0.1) is 0 Å². The largest absolute Gasteiger partial charge is 0.387 e. The summed E-state index contributed by atoms with van der Waals surface area (Å²) in [5.74, 6) is 0.615. The SMILES string of the molecule is N=C(N)C1CCc2ccccc2C1. The number of nitrogens with two attached hydrogens (primary N) is 1. The highest BCUT2D eigenvalue weighted by Crippen LogP contribution is 2.24. The molecule has 1 aliphatic carbocycles. The highest BCUT2D eigenvalue weighted by molar-refractivity contribution is 5.80. The summed E-state index contributed by atoms with van der Waals surface area (Å²) in [4.78, 5) is 0. The molecule has 2 rings (SSSR count). The van der Waals surface area contributed by atoms with E-state index in [1.807, 2.05) is 0 Å². The van der Waals surface area contributed by atoms with Crippen LogP contribution in [0.1, 0.15) is 17.5 Å². The van der Waals surface area contributed by atoms with Gasteiger partial charge in [0.2, 0.25) is 0 Å². The molecule has 0 aromatic heterocycles. The highest BCUT2D eigenvalue weighted by Gasteiger charge is 2.19. The zero-order valence-electron chi connectivity index (χ0n) is 7.59. The van der Waals surface area contributed by atoms with Gasteiger partial charge in [0, 0.05) is 5.92 Å². The Morgan fingerprint density at radius 3 is 2.69 bits per heavy atom. The van der Waals surface area contributed by atoms with Crippen molar-refractivity contribution < 1.29 is 0 Å². The molecule has 1 atom stereocenters. The van der Waals surface area contributed by atoms with Gasteiger partial charge >= 0.3 is 0 Å². The standard InChI is InChI=1S/C11H14N2/c12-11(13)10-6-5-8-3-1-2-4-9(8)7-10/h1-4,10H,5-7H2,(H3,12,13). The Kier molecular flexibility index (Phi) is 2.05. The Morgan fingerprint density at radius 2 is 2.00 bits per heavy atom. The summed E-state index contributed by atoms with van der Waals surface area (Å²) in [5.41, 5.74) is 8.31. The molecular formula is C11H14N2. The van der Waals surface area contributed by atoms with Crippen LogP contribution < -0.4 is 5.73 Å². The lowest BCUT2D eigenvalue weighted by atomic mass is 9.83. The van der Waals surface area contributed by atoms with Gasteiger partial charge in [-0.3, -0.25) is 5.41 Å². The summed E-state index contributed by atoms with van der Waals surface area (Å²) in [6.45, 7) is 0. The maximum Gasteiger partial charge on any atom is 0.0940 e. The molecule has 68 valence electrons. The van der Waals surface area contributed by atoms with E-state index in [0.29, 0.717) is 5.84 Å². The van der Waals surface area contributed by atoms with Crippen LogP contribution in [-0.4, -0.2) is 5.84 Å². The average Bonchev–Trinajstić information content (AvgIpc) is 2.17. The Balaban J connectivity index is 2.24. The van der Waals surface area contributed by atoms with Crippen LogP contribution in [0.3, 0.4) is 0 Å². The smallest absolute Gasteiger partial charge is 0.0940 e. The summed E-state index contributed by atoms with van der Waals surface area (Å²) in [6.07, 6.45) is 3.05. The number of fused-ring (bicyclic) bond motifs is 1. The van der Waals surface area contributed by atoms with E-state index < -0.39 is 0 Å². The van der Waals surface area contributed by atoms with E-state index in [2.05, 4.69) is 24.3 Å². The van der Waals surface area contributed by atoms with Crippen LogP contribution in [0.25, 0.3) is 0 Å². The summed E-state index contributed by atoms with van der Waals surface area (Å²) >= 11 is 0. The van der Waals surface area contributed by atoms with Crippen LogP contribution >= 0.6 is 0 Å². The summed E-state index contributed by atoms with van der Waals surface area (Å²) in [7, 11) is 0. The van der Waals surface area contributed by atoms with Crippen LogP contribution in [0.2, 0.25) is 0 Å². The number of nitrogens with one attached hydrogen (secondary N) is 1. The van der Waals surface area contributed by atoms with Gasteiger partial charge in [0.1, 0.15) is 0 Å². The normalized spacial score (nSPS) is 20.8. The van der Waals surface area contributed by atoms with Crippen molar-refractivity contribution in [2.75, 3.05) is 0 Å². The van der Waals surface area contributed by atoms with Crippen molar-refractivity contribution in [3.8, 4) is 0 Å². The van der Waals surface area contributed by atoms with E-state index >= 15 is 0 Å². The minimum Gasteiger partial charge on any atom is -0.387 e. The van der Waals surface area contributed by atoms with Crippen LogP contribution in [-0.2, 0) is 12.8 Å². The van der Waals surface area contributed by atoms with Gasteiger partial charge in [-0.1, -0.05) is 24.3 Å². The molecule has 2 heteroatoms. The molecule has 1 unspecified atom stereocenters. The first-order valence-electron chi connectivity index (χ1n) is 4.68. The third kappa shape index (κ3) is 1.57. The first kappa shape index (κ1) is 8.30. The molecule has 1 aliphatic rings. The predicted molar refractivity (Wildman–Crippen MR) is 53.9 cm³/mol. The van der Waals surface area contributed by atoms with Gasteiger partial charge in [-0.25, -0.2) is 0 Å². The van der Waals surface area contributed by atoms with E-state index in [4.69, 9.17) is 11.1 Å². The number of benzene rings is 1. The molecule has 0 spiro atoms. The topological polar surface area (TPSA) is 49.9 Å². The highest BCUT2D eigenvalue weighted by atomic mass is 14.7. The van der Waals surface area contributed by atoms with Crippen molar-refractivity contribution in [1.29, 1.82) is 5.41 Å². The fourth-order valence-electron chi connectivity index (χ4n) is 1.96. The van der Waals surface area contributed by atoms with Gasteiger partial charge in [0.15, 0.2) is 0 Å². The van der Waals surface area contributed by atoms with Crippen molar-refractivity contribution in [2.24, 2.45) is 11.7 Å². The van der Waals surface area contributed by atoms with Gasteiger partial charge in [0.25, 0.3) is 0 Å². The van der Waals surface area contributed by atoms with Crippen LogP contribution in [0, 0.1) is 11.3 Å². The minimum absolute atomic E-state index is 0.273. The third-order valence-corrected chi connectivity index (χ3v) is 2.79. The number of hydrogen-bond acceptors (Lipinski definition) is 1. The Labute approximate surface area is 78.3 Å². The van der Waals surface area contributed by atoms with Gasteiger partial charge < -0.3 is 5.73 Å². The average molecular weight is 174 g/mol. The molecule has 0 saturated heterocycles. The van der Waals surface area contributed by atoms with E-state index in [1.54, 1.807) is 0 Å². The van der Waals surface area contributed by atoms with E-state index in [0.717, 1.165) is 19.3 Å². The second-order valence-corrected chi connectivity index (χ2v) is 3.66. The van der Waals surface area contributed by atoms with E-state index in [-0.39, 0.29) is 5.92 Å². The number of hydrogen-bond donors (Lipinski definition) is 2. The van der Waals surface area contributed by atoms with Crippen LogP contribution in [0.5, 0.6) is 0 Å². The molecule has 0 saturated carbocycles. The molecule has 13 heavy (non-hydrogen) atoms. The fourth-order valence-corrected chi connectivity index (χ4v) is 1.96. The zero-order chi connectivity index (χ0) is 9.26. The lowest BCUT2D eigenvalue weighted by molar-refractivity contribution is 0.577. The summed E-state index contributed by atoms with van der Waals surface area (Å²) in [5, 5.41) is 7.41. The molecule has 0 fully saturated rings. The van der Waals surface area contributed by atoms with E-state index in [1.165, 1.54) is 11.1 Å². The Hall–Kier alpha value is -1.31.